The number of hydrogen-bond donors (Lipinski definition) is 2. The second-order valence-electron chi connectivity index (χ2n) is 6.64. The Balaban J connectivity index is 2.21. The molecule has 162 valence electrons. The van der Waals surface area contributed by atoms with Crippen molar-refractivity contribution in [3.8, 4) is 0 Å². The van der Waals surface area contributed by atoms with Crippen molar-refractivity contribution in [2.45, 2.75) is 24.8 Å². The predicted octanol–water partition coefficient (Wildman–Crippen LogP) is 3.62. The molecule has 8 heteroatoms. The van der Waals surface area contributed by atoms with E-state index < -0.39 is 10.0 Å². The molecule has 2 rings (SSSR count). The van der Waals surface area contributed by atoms with Crippen LogP contribution < -0.4 is 10.0 Å². The van der Waals surface area contributed by atoms with Gasteiger partial charge in [-0.25, -0.2) is 13.1 Å². The van der Waals surface area contributed by atoms with Gasteiger partial charge in [0, 0.05) is 23.7 Å². The van der Waals surface area contributed by atoms with Gasteiger partial charge in [-0.3, -0.25) is 9.69 Å². The fourth-order valence-corrected chi connectivity index (χ4v) is 4.50. The van der Waals surface area contributed by atoms with Crippen LogP contribution in [0.3, 0.4) is 0 Å². The second-order valence-corrected chi connectivity index (χ2v) is 8.81. The summed E-state index contributed by atoms with van der Waals surface area (Å²) < 4.78 is 27.0. The summed E-state index contributed by atoms with van der Waals surface area (Å²) >= 11 is 6.40. The molecule has 0 saturated heterocycles. The van der Waals surface area contributed by atoms with Crippen molar-refractivity contribution in [1.29, 1.82) is 0 Å². The fourth-order valence-electron chi connectivity index (χ4n) is 3.19. The molecule has 2 N–H and O–H groups in total. The third-order valence-corrected chi connectivity index (χ3v) is 6.56. The Morgan fingerprint density at radius 3 is 2.50 bits per heavy atom. The highest BCUT2D eigenvalue weighted by Crippen LogP contribution is 2.27. The summed E-state index contributed by atoms with van der Waals surface area (Å²) in [7, 11) is -3.71. The summed E-state index contributed by atoms with van der Waals surface area (Å²) in [5.41, 5.74) is 1.21. The highest BCUT2D eigenvalue weighted by atomic mass is 35.5. The van der Waals surface area contributed by atoms with E-state index in [1.165, 1.54) is 18.2 Å². The average molecular weight is 450 g/mol. The largest absolute Gasteiger partial charge is 0.350 e. The van der Waals surface area contributed by atoms with Crippen molar-refractivity contribution >= 4 is 27.5 Å². The van der Waals surface area contributed by atoms with Crippen LogP contribution >= 0.6 is 11.6 Å². The van der Waals surface area contributed by atoms with Gasteiger partial charge in [0.2, 0.25) is 10.0 Å². The molecule has 1 amide bonds. The first-order valence-corrected chi connectivity index (χ1v) is 11.7. The van der Waals surface area contributed by atoms with Gasteiger partial charge in [0.25, 0.3) is 5.91 Å². The Kier molecular flexibility index (Phi) is 9.05. The first kappa shape index (κ1) is 24.1. The maximum atomic E-state index is 12.8. The molecule has 1 atom stereocenters. The van der Waals surface area contributed by atoms with Crippen LogP contribution in [-0.2, 0) is 10.0 Å². The Morgan fingerprint density at radius 1 is 1.17 bits per heavy atom. The third kappa shape index (κ3) is 6.15. The number of likely N-dealkylation sites (N-methyl/N-ethyl adjacent to an activating group) is 1. The van der Waals surface area contributed by atoms with Gasteiger partial charge in [0.05, 0.1) is 10.9 Å². The number of sulfonamides is 1. The van der Waals surface area contributed by atoms with Gasteiger partial charge in [-0.2, -0.15) is 0 Å². The molecule has 0 aliphatic heterocycles. The Hall–Kier alpha value is -2.19. The van der Waals surface area contributed by atoms with Crippen LogP contribution in [0.2, 0.25) is 5.02 Å². The Morgan fingerprint density at radius 2 is 1.87 bits per heavy atom. The zero-order chi connectivity index (χ0) is 22.1. The maximum absolute atomic E-state index is 12.8. The summed E-state index contributed by atoms with van der Waals surface area (Å²) in [4.78, 5) is 15.0. The summed E-state index contributed by atoms with van der Waals surface area (Å²) in [6, 6.07) is 13.4. The van der Waals surface area contributed by atoms with Crippen LogP contribution in [0, 0.1) is 0 Å². The molecule has 0 saturated carbocycles. The lowest BCUT2D eigenvalue weighted by Gasteiger charge is -2.31. The quantitative estimate of drug-likeness (QED) is 0.513. The van der Waals surface area contributed by atoms with Crippen molar-refractivity contribution in [3.63, 3.8) is 0 Å². The number of amides is 1. The molecule has 0 aromatic heterocycles. The molecule has 0 heterocycles. The number of carbonyl (C=O) groups is 1. The van der Waals surface area contributed by atoms with Gasteiger partial charge < -0.3 is 5.32 Å². The summed E-state index contributed by atoms with van der Waals surface area (Å²) in [5.74, 6) is -0.347. The van der Waals surface area contributed by atoms with Gasteiger partial charge in [-0.05, 0) is 42.9 Å². The van der Waals surface area contributed by atoms with Crippen LogP contribution in [0.4, 0.5) is 0 Å². The van der Waals surface area contributed by atoms with Crippen LogP contribution in [0.25, 0.3) is 0 Å². The molecule has 30 heavy (non-hydrogen) atoms. The lowest BCUT2D eigenvalue weighted by molar-refractivity contribution is 0.0934. The van der Waals surface area contributed by atoms with E-state index in [4.69, 9.17) is 11.6 Å². The summed E-state index contributed by atoms with van der Waals surface area (Å²) in [6.45, 7) is 9.66. The van der Waals surface area contributed by atoms with E-state index in [2.05, 4.69) is 35.4 Å². The highest BCUT2D eigenvalue weighted by Gasteiger charge is 2.22. The van der Waals surface area contributed by atoms with Crippen LogP contribution in [0.5, 0.6) is 0 Å². The number of halogens is 1. The molecular formula is C22H28ClN3O3S. The van der Waals surface area contributed by atoms with Crippen molar-refractivity contribution in [2.75, 3.05) is 26.2 Å². The predicted molar refractivity (Wildman–Crippen MR) is 121 cm³/mol. The molecule has 0 fully saturated rings. The summed E-state index contributed by atoms with van der Waals surface area (Å²) in [6.07, 6.45) is 1.45. The zero-order valence-electron chi connectivity index (χ0n) is 17.3. The molecule has 0 unspecified atom stereocenters. The first-order chi connectivity index (χ1) is 14.3. The van der Waals surface area contributed by atoms with Gasteiger partial charge >= 0.3 is 0 Å². The first-order valence-electron chi connectivity index (χ1n) is 9.81. The Labute approximate surface area is 184 Å². The summed E-state index contributed by atoms with van der Waals surface area (Å²) in [5, 5.41) is 3.57. The lowest BCUT2D eigenvalue weighted by atomic mass is 10.0. The molecular weight excluding hydrogens is 422 g/mol. The minimum atomic E-state index is -3.71. The van der Waals surface area contributed by atoms with Crippen molar-refractivity contribution in [2.24, 2.45) is 0 Å². The minimum Gasteiger partial charge on any atom is -0.350 e. The SMILES string of the molecule is C=CCNS(=O)(=O)c1cccc(C(=O)NC[C@@H](c2ccccc2Cl)N(CC)CC)c1. The van der Waals surface area contributed by atoms with E-state index in [0.29, 0.717) is 11.6 Å². The average Bonchev–Trinajstić information content (AvgIpc) is 2.76. The number of carbonyl (C=O) groups excluding carboxylic acids is 1. The number of nitrogens with zero attached hydrogens (tertiary/aromatic N) is 1. The van der Waals surface area contributed by atoms with E-state index in [9.17, 15) is 13.2 Å². The molecule has 0 spiro atoms. The number of benzene rings is 2. The molecule has 2 aromatic carbocycles. The number of hydrogen-bond acceptors (Lipinski definition) is 4. The molecule has 0 aliphatic carbocycles. The van der Waals surface area contributed by atoms with Crippen LogP contribution in [0.15, 0.2) is 66.1 Å². The number of nitrogens with one attached hydrogen (secondary N) is 2. The minimum absolute atomic E-state index is 0.0309. The van der Waals surface area contributed by atoms with Crippen LogP contribution in [-0.4, -0.2) is 45.4 Å². The van der Waals surface area contributed by atoms with E-state index >= 15 is 0 Å². The Bertz CT molecular complexity index is 975. The normalized spacial score (nSPS) is 12.5. The highest BCUT2D eigenvalue weighted by molar-refractivity contribution is 7.89. The van der Waals surface area contributed by atoms with E-state index in [0.717, 1.165) is 18.7 Å². The molecule has 0 radical (unpaired) electrons. The van der Waals surface area contributed by atoms with Crippen molar-refractivity contribution in [1.82, 2.24) is 14.9 Å². The monoisotopic (exact) mass is 449 g/mol. The third-order valence-electron chi connectivity index (χ3n) is 4.80. The standard InChI is InChI=1S/C22H28ClN3O3S/c1-4-14-25-30(28,29)18-11-9-10-17(15-18)22(27)24-16-21(26(5-2)6-3)19-12-7-8-13-20(19)23/h4,7-13,15,21,25H,1,5-6,14,16H2,2-3H3,(H,24,27)/t21-/m0/s1. The topological polar surface area (TPSA) is 78.5 Å². The van der Waals surface area contributed by atoms with E-state index in [1.54, 1.807) is 12.1 Å². The maximum Gasteiger partial charge on any atom is 0.251 e. The van der Waals surface area contributed by atoms with Gasteiger partial charge in [-0.15, -0.1) is 6.58 Å². The van der Waals surface area contributed by atoms with Gasteiger partial charge in [0.15, 0.2) is 0 Å². The fraction of sp³-hybridized carbons (Fsp3) is 0.318. The molecule has 0 aliphatic rings. The molecule has 6 nitrogen and oxygen atoms in total. The zero-order valence-corrected chi connectivity index (χ0v) is 18.8. The second kappa shape index (κ2) is 11.3. The van der Waals surface area contributed by atoms with E-state index in [1.807, 2.05) is 24.3 Å². The van der Waals surface area contributed by atoms with Crippen molar-refractivity contribution in [3.05, 3.63) is 77.3 Å². The molecule has 2 aromatic rings. The lowest BCUT2D eigenvalue weighted by Crippen LogP contribution is -2.38. The van der Waals surface area contributed by atoms with Gasteiger partial charge in [0.1, 0.15) is 0 Å². The molecule has 0 bridgehead atoms. The smallest absolute Gasteiger partial charge is 0.251 e. The van der Waals surface area contributed by atoms with Crippen LogP contribution in [0.1, 0.15) is 35.8 Å². The van der Waals surface area contributed by atoms with Crippen molar-refractivity contribution < 1.29 is 13.2 Å². The van der Waals surface area contributed by atoms with E-state index in [-0.39, 0.29) is 29.0 Å². The van der Waals surface area contributed by atoms with Gasteiger partial charge in [-0.1, -0.05) is 55.8 Å². The number of rotatable bonds is 11.